The number of rotatable bonds is 7. The van der Waals surface area contributed by atoms with Gasteiger partial charge in [-0.25, -0.2) is 0 Å². The van der Waals surface area contributed by atoms with Crippen molar-refractivity contribution >= 4 is 0 Å². The number of aliphatic hydroxyl groups is 1. The predicted octanol–water partition coefficient (Wildman–Crippen LogP) is 2.12. The van der Waals surface area contributed by atoms with E-state index >= 15 is 0 Å². The Morgan fingerprint density at radius 2 is 2.00 bits per heavy atom. The van der Waals surface area contributed by atoms with Crippen molar-refractivity contribution < 1.29 is 9.84 Å². The van der Waals surface area contributed by atoms with E-state index in [9.17, 15) is 5.11 Å². The van der Waals surface area contributed by atoms with Crippen LogP contribution in [0.3, 0.4) is 0 Å². The first-order valence-electron chi connectivity index (χ1n) is 6.63. The van der Waals surface area contributed by atoms with Crippen molar-refractivity contribution in [3.8, 4) is 0 Å². The third-order valence-electron chi connectivity index (χ3n) is 3.81. The minimum Gasteiger partial charge on any atom is -0.388 e. The first-order valence-corrected chi connectivity index (χ1v) is 6.63. The van der Waals surface area contributed by atoms with Gasteiger partial charge in [0.15, 0.2) is 0 Å². The molecule has 0 radical (unpaired) electrons. The second-order valence-corrected chi connectivity index (χ2v) is 5.41. The molecule has 1 aromatic rings. The molecule has 2 unspecified atom stereocenters. The van der Waals surface area contributed by atoms with E-state index in [1.807, 2.05) is 30.3 Å². The summed E-state index contributed by atoms with van der Waals surface area (Å²) in [5.41, 5.74) is 1.06. The van der Waals surface area contributed by atoms with Gasteiger partial charge in [-0.05, 0) is 25.3 Å². The van der Waals surface area contributed by atoms with Crippen LogP contribution in [-0.4, -0.2) is 31.4 Å². The van der Waals surface area contributed by atoms with Crippen molar-refractivity contribution in [2.24, 2.45) is 5.41 Å². The maximum Gasteiger partial charge on any atom is 0.0858 e. The van der Waals surface area contributed by atoms with Crippen molar-refractivity contribution in [3.63, 3.8) is 0 Å². The number of ether oxygens (including phenoxy) is 1. The Morgan fingerprint density at radius 3 is 2.56 bits per heavy atom. The second kappa shape index (κ2) is 5.83. The third-order valence-corrected chi connectivity index (χ3v) is 3.81. The summed E-state index contributed by atoms with van der Waals surface area (Å²) in [6, 6.07) is 10.3. The lowest BCUT2D eigenvalue weighted by Gasteiger charge is -2.25. The SMILES string of the molecule is COCC(C)NCC1(C(O)c2ccccc2)CC1. The molecule has 0 heterocycles. The fourth-order valence-corrected chi connectivity index (χ4v) is 2.38. The molecule has 0 aromatic heterocycles. The van der Waals surface area contributed by atoms with E-state index in [1.165, 1.54) is 0 Å². The molecule has 1 saturated carbocycles. The topological polar surface area (TPSA) is 41.5 Å². The van der Waals surface area contributed by atoms with E-state index in [0.717, 1.165) is 24.9 Å². The van der Waals surface area contributed by atoms with Gasteiger partial charge >= 0.3 is 0 Å². The highest BCUT2D eigenvalue weighted by molar-refractivity contribution is 5.22. The van der Waals surface area contributed by atoms with Gasteiger partial charge in [0.25, 0.3) is 0 Å². The smallest absolute Gasteiger partial charge is 0.0858 e. The molecule has 2 N–H and O–H groups in total. The van der Waals surface area contributed by atoms with Crippen molar-refractivity contribution in [2.45, 2.75) is 31.9 Å². The Hall–Kier alpha value is -0.900. The van der Waals surface area contributed by atoms with Crippen LogP contribution < -0.4 is 5.32 Å². The fourth-order valence-electron chi connectivity index (χ4n) is 2.38. The molecule has 18 heavy (non-hydrogen) atoms. The van der Waals surface area contributed by atoms with Gasteiger partial charge in [0.2, 0.25) is 0 Å². The largest absolute Gasteiger partial charge is 0.388 e. The second-order valence-electron chi connectivity index (χ2n) is 5.41. The van der Waals surface area contributed by atoms with Crippen LogP contribution in [0.5, 0.6) is 0 Å². The van der Waals surface area contributed by atoms with E-state index in [4.69, 9.17) is 4.74 Å². The van der Waals surface area contributed by atoms with Crippen molar-refractivity contribution in [3.05, 3.63) is 35.9 Å². The minimum absolute atomic E-state index is 0.0311. The van der Waals surface area contributed by atoms with E-state index in [1.54, 1.807) is 7.11 Å². The van der Waals surface area contributed by atoms with Crippen LogP contribution in [0.25, 0.3) is 0 Å². The van der Waals surface area contributed by atoms with Crippen LogP contribution in [0.1, 0.15) is 31.4 Å². The average Bonchev–Trinajstić information content (AvgIpc) is 3.18. The number of aliphatic hydroxyl groups excluding tert-OH is 1. The van der Waals surface area contributed by atoms with E-state index in [0.29, 0.717) is 12.6 Å². The van der Waals surface area contributed by atoms with Gasteiger partial charge in [-0.3, -0.25) is 0 Å². The highest BCUT2D eigenvalue weighted by Crippen LogP contribution is 2.54. The number of nitrogens with one attached hydrogen (secondary N) is 1. The molecule has 0 bridgehead atoms. The normalized spacial score (nSPS) is 20.4. The van der Waals surface area contributed by atoms with Crippen LogP contribution in [0.4, 0.5) is 0 Å². The number of hydrogen-bond acceptors (Lipinski definition) is 3. The molecular weight excluding hydrogens is 226 g/mol. The Morgan fingerprint density at radius 1 is 1.33 bits per heavy atom. The van der Waals surface area contributed by atoms with Crippen LogP contribution in [-0.2, 0) is 4.74 Å². The molecule has 0 aliphatic heterocycles. The molecule has 1 aliphatic carbocycles. The van der Waals surface area contributed by atoms with Crippen LogP contribution in [0, 0.1) is 5.41 Å². The molecule has 1 aliphatic rings. The Labute approximate surface area is 109 Å². The Bertz CT molecular complexity index is 362. The monoisotopic (exact) mass is 249 g/mol. The quantitative estimate of drug-likeness (QED) is 0.778. The standard InChI is InChI=1S/C15H23NO2/c1-12(10-18-2)16-11-15(8-9-15)14(17)13-6-4-3-5-7-13/h3-7,12,14,16-17H,8-11H2,1-2H3. The summed E-state index contributed by atoms with van der Waals surface area (Å²) in [6.07, 6.45) is 1.83. The molecular formula is C15H23NO2. The fraction of sp³-hybridized carbons (Fsp3) is 0.600. The lowest BCUT2D eigenvalue weighted by Crippen LogP contribution is -2.37. The average molecular weight is 249 g/mol. The molecule has 3 nitrogen and oxygen atoms in total. The minimum atomic E-state index is -0.360. The maximum atomic E-state index is 10.5. The van der Waals surface area contributed by atoms with Crippen LogP contribution in [0.15, 0.2) is 30.3 Å². The van der Waals surface area contributed by atoms with Gasteiger partial charge < -0.3 is 15.2 Å². The summed E-state index contributed by atoms with van der Waals surface area (Å²) in [6.45, 7) is 3.67. The summed E-state index contributed by atoms with van der Waals surface area (Å²) in [7, 11) is 1.71. The maximum absolute atomic E-state index is 10.5. The highest BCUT2D eigenvalue weighted by Gasteiger charge is 2.49. The highest BCUT2D eigenvalue weighted by atomic mass is 16.5. The lowest BCUT2D eigenvalue weighted by molar-refractivity contribution is 0.0861. The first kappa shape index (κ1) is 13.5. The number of methoxy groups -OCH3 is 1. The first-order chi connectivity index (χ1) is 8.68. The van der Waals surface area contributed by atoms with E-state index in [-0.39, 0.29) is 11.5 Å². The van der Waals surface area contributed by atoms with Gasteiger partial charge in [-0.15, -0.1) is 0 Å². The predicted molar refractivity (Wildman–Crippen MR) is 72.4 cm³/mol. The van der Waals surface area contributed by atoms with Crippen molar-refractivity contribution in [2.75, 3.05) is 20.3 Å². The molecule has 3 heteroatoms. The molecule has 0 saturated heterocycles. The molecule has 0 spiro atoms. The zero-order valence-corrected chi connectivity index (χ0v) is 11.2. The molecule has 1 fully saturated rings. The van der Waals surface area contributed by atoms with Crippen LogP contribution >= 0.6 is 0 Å². The van der Waals surface area contributed by atoms with Gasteiger partial charge in [0.1, 0.15) is 0 Å². The summed E-state index contributed by atoms with van der Waals surface area (Å²) >= 11 is 0. The van der Waals surface area contributed by atoms with E-state index in [2.05, 4.69) is 12.2 Å². The number of hydrogen-bond donors (Lipinski definition) is 2. The summed E-state index contributed by atoms with van der Waals surface area (Å²) in [5.74, 6) is 0. The van der Waals surface area contributed by atoms with Gasteiger partial charge in [-0.2, -0.15) is 0 Å². The summed E-state index contributed by atoms with van der Waals surface area (Å²) in [4.78, 5) is 0. The van der Waals surface area contributed by atoms with Gasteiger partial charge in [-0.1, -0.05) is 30.3 Å². The number of benzene rings is 1. The molecule has 2 atom stereocenters. The Kier molecular flexibility index (Phi) is 4.38. The zero-order valence-electron chi connectivity index (χ0n) is 11.2. The van der Waals surface area contributed by atoms with Gasteiger partial charge in [0, 0.05) is 25.1 Å². The summed E-state index contributed by atoms with van der Waals surface area (Å²) < 4.78 is 5.11. The molecule has 1 aromatic carbocycles. The molecule has 0 amide bonds. The summed E-state index contributed by atoms with van der Waals surface area (Å²) in [5, 5.41) is 13.9. The lowest BCUT2D eigenvalue weighted by atomic mass is 9.92. The van der Waals surface area contributed by atoms with Crippen molar-refractivity contribution in [1.29, 1.82) is 0 Å². The Balaban J connectivity index is 1.91. The molecule has 100 valence electrons. The van der Waals surface area contributed by atoms with Gasteiger partial charge in [0.05, 0.1) is 12.7 Å². The van der Waals surface area contributed by atoms with Crippen LogP contribution in [0.2, 0.25) is 0 Å². The zero-order chi connectivity index (χ0) is 13.0. The molecule has 2 rings (SSSR count). The van der Waals surface area contributed by atoms with Crippen molar-refractivity contribution in [1.82, 2.24) is 5.32 Å². The third kappa shape index (κ3) is 3.10. The van der Waals surface area contributed by atoms with E-state index < -0.39 is 0 Å².